The topological polar surface area (TPSA) is 42.5 Å². The number of hydrogen-bond donors (Lipinski definition) is 0. The number of nitrogens with zero attached hydrogens (tertiary/aromatic N) is 4. The van der Waals surface area contributed by atoms with E-state index in [2.05, 4.69) is 22.2 Å². The number of benzene rings is 2. The number of rotatable bonds is 5. The van der Waals surface area contributed by atoms with Crippen LogP contribution in [0.3, 0.4) is 0 Å². The average Bonchev–Trinajstić information content (AvgIpc) is 3.16. The molecule has 0 amide bonds. The highest BCUT2D eigenvalue weighted by molar-refractivity contribution is 7.07. The summed E-state index contributed by atoms with van der Waals surface area (Å²) in [7, 11) is 0. The fourth-order valence-electron chi connectivity index (χ4n) is 2.71. The van der Waals surface area contributed by atoms with Crippen molar-refractivity contribution in [1.82, 2.24) is 9.66 Å². The zero-order valence-corrected chi connectivity index (χ0v) is 17.6. The first kappa shape index (κ1) is 19.6. The Morgan fingerprint density at radius 3 is 2.59 bits per heavy atom. The first-order chi connectivity index (χ1) is 14.2. The van der Waals surface area contributed by atoms with E-state index in [0.717, 1.165) is 27.2 Å². The molecule has 0 bridgehead atoms. The van der Waals surface area contributed by atoms with Crippen LogP contribution in [0.25, 0.3) is 11.3 Å². The monoisotopic (exact) mass is 438 g/mol. The summed E-state index contributed by atoms with van der Waals surface area (Å²) >= 11 is 14.2. The Balaban J connectivity index is 1.80. The van der Waals surface area contributed by atoms with E-state index in [-0.39, 0.29) is 0 Å². The molecule has 7 heteroatoms. The van der Waals surface area contributed by atoms with Crippen LogP contribution < -0.4 is 4.80 Å². The largest absolute Gasteiger partial charge is 0.265 e. The van der Waals surface area contributed by atoms with Crippen molar-refractivity contribution in [3.63, 3.8) is 0 Å². The molecule has 2 heterocycles. The van der Waals surface area contributed by atoms with Gasteiger partial charge in [0.15, 0.2) is 0 Å². The summed E-state index contributed by atoms with van der Waals surface area (Å²) in [6, 6.07) is 19.3. The van der Waals surface area contributed by atoms with Crippen LogP contribution >= 0.6 is 34.5 Å². The highest BCUT2D eigenvalue weighted by Crippen LogP contribution is 2.31. The Morgan fingerprint density at radius 1 is 1.00 bits per heavy atom. The van der Waals surface area contributed by atoms with E-state index in [1.807, 2.05) is 41.8 Å². The lowest BCUT2D eigenvalue weighted by atomic mass is 10.2. The lowest BCUT2D eigenvalue weighted by Gasteiger charge is -2.06. The molecule has 0 aliphatic heterocycles. The Labute approximate surface area is 182 Å². The fraction of sp³-hybridized carbons (Fsp3) is 0.0455. The zero-order valence-electron chi connectivity index (χ0n) is 15.2. The van der Waals surface area contributed by atoms with Crippen LogP contribution in [-0.4, -0.2) is 15.9 Å². The van der Waals surface area contributed by atoms with Crippen molar-refractivity contribution < 1.29 is 0 Å². The van der Waals surface area contributed by atoms with Crippen molar-refractivity contribution in [2.45, 2.75) is 6.54 Å². The second-order valence-corrected chi connectivity index (χ2v) is 7.85. The first-order valence-corrected chi connectivity index (χ1v) is 10.5. The molecule has 0 saturated carbocycles. The molecule has 0 aliphatic carbocycles. The van der Waals surface area contributed by atoms with Crippen LogP contribution in [-0.2, 0) is 6.54 Å². The lowest BCUT2D eigenvalue weighted by Crippen LogP contribution is -2.12. The molecular formula is C22H16Cl2N4S. The van der Waals surface area contributed by atoms with Gasteiger partial charge in [-0.2, -0.15) is 5.10 Å². The van der Waals surface area contributed by atoms with E-state index in [9.17, 15) is 0 Å². The molecule has 0 radical (unpaired) electrons. The summed E-state index contributed by atoms with van der Waals surface area (Å²) < 4.78 is 1.80. The summed E-state index contributed by atoms with van der Waals surface area (Å²) in [4.78, 5) is 9.58. The highest BCUT2D eigenvalue weighted by Gasteiger charge is 2.12. The molecule has 4 nitrogen and oxygen atoms in total. The van der Waals surface area contributed by atoms with E-state index in [0.29, 0.717) is 16.6 Å². The molecule has 0 fully saturated rings. The van der Waals surface area contributed by atoms with Gasteiger partial charge in [-0.1, -0.05) is 53.5 Å². The van der Waals surface area contributed by atoms with Gasteiger partial charge >= 0.3 is 0 Å². The van der Waals surface area contributed by atoms with Gasteiger partial charge < -0.3 is 0 Å². The van der Waals surface area contributed by atoms with E-state index in [1.165, 1.54) is 11.3 Å². The molecule has 4 rings (SSSR count). The van der Waals surface area contributed by atoms with E-state index >= 15 is 0 Å². The average molecular weight is 439 g/mol. The summed E-state index contributed by atoms with van der Waals surface area (Å²) in [6.45, 7) is 0.564. The third kappa shape index (κ3) is 4.82. The fourth-order valence-corrected chi connectivity index (χ4v) is 3.93. The number of pyridine rings is 1. The van der Waals surface area contributed by atoms with Crippen LogP contribution in [0.5, 0.6) is 0 Å². The Hall–Kier alpha value is -2.73. The number of thiazole rings is 1. The van der Waals surface area contributed by atoms with Gasteiger partial charge in [0.1, 0.15) is 0 Å². The van der Waals surface area contributed by atoms with Crippen LogP contribution in [0, 0.1) is 0 Å². The normalized spacial score (nSPS) is 12.0. The summed E-state index contributed by atoms with van der Waals surface area (Å²) in [5, 5.41) is 7.89. The standard InChI is InChI=1S/C22H16Cl2N4S/c23-18-6-7-20(24)19(12-18)21-15-29-22(26-13-16-4-2-1-3-5-16)28(21)27-14-17-8-10-25-11-9-17/h1-12,14-15H,13H2. The number of hydrogen-bond acceptors (Lipinski definition) is 4. The third-order valence-electron chi connectivity index (χ3n) is 4.16. The van der Waals surface area contributed by atoms with Crippen LogP contribution in [0.4, 0.5) is 0 Å². The minimum Gasteiger partial charge on any atom is -0.265 e. The Morgan fingerprint density at radius 2 is 1.79 bits per heavy atom. The molecule has 0 unspecified atom stereocenters. The second kappa shape index (κ2) is 9.18. The predicted octanol–water partition coefficient (Wildman–Crippen LogP) is 5.90. The third-order valence-corrected chi connectivity index (χ3v) is 5.58. The predicted molar refractivity (Wildman–Crippen MR) is 121 cm³/mol. The maximum absolute atomic E-state index is 6.44. The summed E-state index contributed by atoms with van der Waals surface area (Å²) in [6.07, 6.45) is 5.24. The molecule has 0 saturated heterocycles. The van der Waals surface area contributed by atoms with E-state index in [4.69, 9.17) is 28.2 Å². The number of halogens is 2. The maximum atomic E-state index is 6.44. The quantitative estimate of drug-likeness (QED) is 0.357. The zero-order chi connectivity index (χ0) is 20.1. The summed E-state index contributed by atoms with van der Waals surface area (Å²) in [5.41, 5.74) is 3.71. The van der Waals surface area contributed by atoms with Crippen molar-refractivity contribution in [3.05, 3.63) is 104 Å². The molecule has 0 N–H and O–H groups in total. The van der Waals surface area contributed by atoms with Gasteiger partial charge in [0, 0.05) is 28.4 Å². The SMILES string of the molecule is Clc1ccc(Cl)c(-c2csc(=NCc3ccccc3)n2N=Cc2ccncc2)c1. The Kier molecular flexibility index (Phi) is 6.20. The van der Waals surface area contributed by atoms with Gasteiger partial charge in [0.25, 0.3) is 0 Å². The molecule has 0 atom stereocenters. The van der Waals surface area contributed by atoms with Crippen LogP contribution in [0.1, 0.15) is 11.1 Å². The van der Waals surface area contributed by atoms with E-state index in [1.54, 1.807) is 35.4 Å². The molecule has 29 heavy (non-hydrogen) atoms. The van der Waals surface area contributed by atoms with Crippen molar-refractivity contribution in [3.8, 4) is 11.3 Å². The van der Waals surface area contributed by atoms with Crippen molar-refractivity contribution in [2.75, 3.05) is 0 Å². The van der Waals surface area contributed by atoms with Crippen molar-refractivity contribution in [2.24, 2.45) is 10.1 Å². The molecule has 2 aromatic carbocycles. The maximum Gasteiger partial charge on any atom is 0.206 e. The first-order valence-electron chi connectivity index (χ1n) is 8.85. The second-order valence-electron chi connectivity index (χ2n) is 6.17. The molecule has 0 aliphatic rings. The lowest BCUT2D eigenvalue weighted by molar-refractivity contribution is 0.824. The van der Waals surface area contributed by atoms with Gasteiger partial charge in [0.2, 0.25) is 4.80 Å². The molecule has 144 valence electrons. The van der Waals surface area contributed by atoms with Crippen molar-refractivity contribution in [1.29, 1.82) is 0 Å². The molecular weight excluding hydrogens is 423 g/mol. The Bertz CT molecular complexity index is 1200. The minimum atomic E-state index is 0.564. The molecule has 4 aromatic rings. The smallest absolute Gasteiger partial charge is 0.206 e. The van der Waals surface area contributed by atoms with Gasteiger partial charge in [-0.15, -0.1) is 11.3 Å². The van der Waals surface area contributed by atoms with E-state index < -0.39 is 0 Å². The van der Waals surface area contributed by atoms with Gasteiger partial charge in [-0.25, -0.2) is 4.68 Å². The van der Waals surface area contributed by atoms with Crippen LogP contribution in [0.2, 0.25) is 10.0 Å². The highest BCUT2D eigenvalue weighted by atomic mass is 35.5. The summed E-state index contributed by atoms with van der Waals surface area (Å²) in [5.74, 6) is 0. The van der Waals surface area contributed by atoms with Gasteiger partial charge in [-0.3, -0.25) is 9.98 Å². The molecule has 0 spiro atoms. The van der Waals surface area contributed by atoms with Gasteiger partial charge in [-0.05, 0) is 41.5 Å². The van der Waals surface area contributed by atoms with Crippen molar-refractivity contribution >= 4 is 40.8 Å². The number of aromatic nitrogens is 2. The minimum absolute atomic E-state index is 0.564. The van der Waals surface area contributed by atoms with Crippen LogP contribution in [0.15, 0.2) is 88.5 Å². The molecule has 2 aromatic heterocycles. The van der Waals surface area contributed by atoms with Gasteiger partial charge in [0.05, 0.1) is 23.5 Å².